The molecule has 0 amide bonds. The van der Waals surface area contributed by atoms with Crippen molar-refractivity contribution in [2.24, 2.45) is 0 Å². The van der Waals surface area contributed by atoms with Gasteiger partial charge in [0.15, 0.2) is 0 Å². The van der Waals surface area contributed by atoms with E-state index in [0.29, 0.717) is 13.0 Å². The van der Waals surface area contributed by atoms with E-state index >= 15 is 0 Å². The van der Waals surface area contributed by atoms with Gasteiger partial charge in [-0.15, -0.1) is 0 Å². The second kappa shape index (κ2) is 6.13. The number of carboxylic acids is 1. The molecule has 94 valence electrons. The van der Waals surface area contributed by atoms with E-state index in [4.69, 9.17) is 9.84 Å². The molecule has 17 heavy (non-hydrogen) atoms. The standard InChI is InChI=1S/C13H19NO3/c1-4-12(13(15)16)14(3)10-6-8-11(9-7-10)17-5-2/h6-9,12H,4-5H2,1-3H3,(H,15,16). The molecule has 0 aliphatic heterocycles. The van der Waals surface area contributed by atoms with Crippen LogP contribution in [0.5, 0.6) is 5.75 Å². The molecule has 1 atom stereocenters. The Labute approximate surface area is 102 Å². The summed E-state index contributed by atoms with van der Waals surface area (Å²) in [5, 5.41) is 9.08. The van der Waals surface area contributed by atoms with Crippen molar-refractivity contribution in [1.82, 2.24) is 0 Å². The molecule has 1 rings (SSSR count). The number of anilines is 1. The Morgan fingerprint density at radius 1 is 1.35 bits per heavy atom. The number of carboxylic acid groups (broad SMARTS) is 1. The van der Waals surface area contributed by atoms with Crippen LogP contribution in [0.15, 0.2) is 24.3 Å². The summed E-state index contributed by atoms with van der Waals surface area (Å²) in [6.45, 7) is 4.42. The van der Waals surface area contributed by atoms with E-state index in [1.165, 1.54) is 0 Å². The lowest BCUT2D eigenvalue weighted by Gasteiger charge is -2.25. The number of carbonyl (C=O) groups is 1. The number of likely N-dealkylation sites (N-methyl/N-ethyl adjacent to an activating group) is 1. The molecule has 0 spiro atoms. The van der Waals surface area contributed by atoms with Gasteiger partial charge in [-0.1, -0.05) is 6.92 Å². The molecular weight excluding hydrogens is 218 g/mol. The molecule has 0 bridgehead atoms. The van der Waals surface area contributed by atoms with Crippen LogP contribution in [0.2, 0.25) is 0 Å². The molecule has 0 saturated heterocycles. The third-order valence-corrected chi connectivity index (χ3v) is 2.69. The number of aliphatic carboxylic acids is 1. The minimum absolute atomic E-state index is 0.493. The third-order valence-electron chi connectivity index (χ3n) is 2.69. The van der Waals surface area contributed by atoms with E-state index in [1.807, 2.05) is 38.1 Å². The lowest BCUT2D eigenvalue weighted by atomic mass is 10.1. The molecule has 1 aromatic carbocycles. The summed E-state index contributed by atoms with van der Waals surface area (Å²) < 4.78 is 5.34. The van der Waals surface area contributed by atoms with E-state index < -0.39 is 12.0 Å². The van der Waals surface area contributed by atoms with Crippen LogP contribution in [-0.2, 0) is 4.79 Å². The van der Waals surface area contributed by atoms with Gasteiger partial charge >= 0.3 is 5.97 Å². The summed E-state index contributed by atoms with van der Waals surface area (Å²) in [7, 11) is 1.79. The van der Waals surface area contributed by atoms with Gasteiger partial charge in [0.05, 0.1) is 6.61 Å². The molecule has 1 N–H and O–H groups in total. The lowest BCUT2D eigenvalue weighted by molar-refractivity contribution is -0.138. The maximum Gasteiger partial charge on any atom is 0.326 e. The first kappa shape index (κ1) is 13.4. The third kappa shape index (κ3) is 3.37. The molecule has 0 radical (unpaired) electrons. The quantitative estimate of drug-likeness (QED) is 0.825. The minimum atomic E-state index is -0.802. The van der Waals surface area contributed by atoms with Crippen LogP contribution in [0.4, 0.5) is 5.69 Å². The van der Waals surface area contributed by atoms with Crippen molar-refractivity contribution in [1.29, 1.82) is 0 Å². The molecule has 4 heteroatoms. The van der Waals surface area contributed by atoms with E-state index in [9.17, 15) is 4.79 Å². The first-order valence-corrected chi connectivity index (χ1v) is 5.78. The number of benzene rings is 1. The highest BCUT2D eigenvalue weighted by atomic mass is 16.5. The van der Waals surface area contributed by atoms with Crippen LogP contribution in [0.25, 0.3) is 0 Å². The van der Waals surface area contributed by atoms with Gasteiger partial charge in [-0.25, -0.2) is 4.79 Å². The zero-order chi connectivity index (χ0) is 12.8. The van der Waals surface area contributed by atoms with Crippen LogP contribution in [0.3, 0.4) is 0 Å². The van der Waals surface area contributed by atoms with E-state index in [1.54, 1.807) is 11.9 Å². The number of rotatable bonds is 6. The van der Waals surface area contributed by atoms with E-state index in [2.05, 4.69) is 0 Å². The van der Waals surface area contributed by atoms with Crippen molar-refractivity contribution in [3.05, 3.63) is 24.3 Å². The van der Waals surface area contributed by atoms with Gasteiger partial charge in [0, 0.05) is 12.7 Å². The molecule has 4 nitrogen and oxygen atoms in total. The molecular formula is C13H19NO3. The first-order valence-electron chi connectivity index (χ1n) is 5.78. The monoisotopic (exact) mass is 237 g/mol. The molecule has 0 aliphatic carbocycles. The molecule has 0 aromatic heterocycles. The van der Waals surface area contributed by atoms with E-state index in [-0.39, 0.29) is 0 Å². The van der Waals surface area contributed by atoms with Crippen molar-refractivity contribution in [3.63, 3.8) is 0 Å². The van der Waals surface area contributed by atoms with Crippen LogP contribution in [-0.4, -0.2) is 30.8 Å². The second-order valence-corrected chi connectivity index (χ2v) is 3.80. The summed E-state index contributed by atoms with van der Waals surface area (Å²) in [6.07, 6.45) is 0.568. The maximum atomic E-state index is 11.0. The lowest BCUT2D eigenvalue weighted by Crippen LogP contribution is -2.37. The molecule has 1 aromatic rings. The average molecular weight is 237 g/mol. The molecule has 1 unspecified atom stereocenters. The Morgan fingerprint density at radius 3 is 2.35 bits per heavy atom. The van der Waals surface area contributed by atoms with Gasteiger partial charge in [-0.2, -0.15) is 0 Å². The second-order valence-electron chi connectivity index (χ2n) is 3.80. The Bertz CT molecular complexity index is 361. The number of hydrogen-bond donors (Lipinski definition) is 1. The largest absolute Gasteiger partial charge is 0.494 e. The fourth-order valence-corrected chi connectivity index (χ4v) is 1.74. The fourth-order valence-electron chi connectivity index (χ4n) is 1.74. The Kier molecular flexibility index (Phi) is 4.82. The Hall–Kier alpha value is -1.71. The minimum Gasteiger partial charge on any atom is -0.494 e. The van der Waals surface area contributed by atoms with Gasteiger partial charge in [0.2, 0.25) is 0 Å². The zero-order valence-electron chi connectivity index (χ0n) is 10.5. The molecule has 0 aliphatic rings. The normalized spacial score (nSPS) is 11.9. The van der Waals surface area contributed by atoms with Crippen molar-refractivity contribution >= 4 is 11.7 Å². The Balaban J connectivity index is 2.81. The maximum absolute atomic E-state index is 11.0. The van der Waals surface area contributed by atoms with Crippen LogP contribution in [0.1, 0.15) is 20.3 Å². The highest BCUT2D eigenvalue weighted by molar-refractivity contribution is 5.78. The molecule has 0 saturated carbocycles. The topological polar surface area (TPSA) is 49.8 Å². The smallest absolute Gasteiger partial charge is 0.326 e. The number of ether oxygens (including phenoxy) is 1. The van der Waals surface area contributed by atoms with Crippen molar-refractivity contribution in [2.45, 2.75) is 26.3 Å². The molecule has 0 heterocycles. The van der Waals surface area contributed by atoms with Gasteiger partial charge in [-0.3, -0.25) is 0 Å². The van der Waals surface area contributed by atoms with Gasteiger partial charge in [0.1, 0.15) is 11.8 Å². The van der Waals surface area contributed by atoms with Gasteiger partial charge in [0.25, 0.3) is 0 Å². The summed E-state index contributed by atoms with van der Waals surface area (Å²) in [6, 6.07) is 6.95. The SMILES string of the molecule is CCOc1ccc(N(C)C(CC)C(=O)O)cc1. The van der Waals surface area contributed by atoms with Crippen molar-refractivity contribution in [2.75, 3.05) is 18.6 Å². The predicted molar refractivity (Wildman–Crippen MR) is 67.7 cm³/mol. The summed E-state index contributed by atoms with van der Waals surface area (Å²) >= 11 is 0. The van der Waals surface area contributed by atoms with Crippen LogP contribution >= 0.6 is 0 Å². The summed E-state index contributed by atoms with van der Waals surface area (Å²) in [5.74, 6) is -0.00286. The highest BCUT2D eigenvalue weighted by Crippen LogP contribution is 2.21. The van der Waals surface area contributed by atoms with E-state index in [0.717, 1.165) is 11.4 Å². The van der Waals surface area contributed by atoms with Crippen LogP contribution < -0.4 is 9.64 Å². The van der Waals surface area contributed by atoms with Gasteiger partial charge < -0.3 is 14.7 Å². The molecule has 0 fully saturated rings. The fraction of sp³-hybridized carbons (Fsp3) is 0.462. The summed E-state index contributed by atoms with van der Waals surface area (Å²) in [4.78, 5) is 12.8. The van der Waals surface area contributed by atoms with Crippen LogP contribution in [0, 0.1) is 0 Å². The van der Waals surface area contributed by atoms with Crippen molar-refractivity contribution in [3.8, 4) is 5.75 Å². The zero-order valence-corrected chi connectivity index (χ0v) is 10.5. The predicted octanol–water partition coefficient (Wildman–Crippen LogP) is 2.38. The average Bonchev–Trinajstić information content (AvgIpc) is 2.30. The number of hydrogen-bond acceptors (Lipinski definition) is 3. The van der Waals surface area contributed by atoms with Crippen molar-refractivity contribution < 1.29 is 14.6 Å². The first-order chi connectivity index (χ1) is 8.10. The Morgan fingerprint density at radius 2 is 1.94 bits per heavy atom. The number of nitrogens with zero attached hydrogens (tertiary/aromatic N) is 1. The van der Waals surface area contributed by atoms with Gasteiger partial charge in [-0.05, 0) is 37.6 Å². The highest BCUT2D eigenvalue weighted by Gasteiger charge is 2.20. The summed E-state index contributed by atoms with van der Waals surface area (Å²) in [5.41, 5.74) is 0.878.